The van der Waals surface area contributed by atoms with E-state index in [2.05, 4.69) is 11.8 Å². The average Bonchev–Trinajstić information content (AvgIpc) is 3.01. The molecular formula is C13H25N3O. The Morgan fingerprint density at radius 1 is 1.41 bits per heavy atom. The zero-order chi connectivity index (χ0) is 12.3. The molecular weight excluding hydrogens is 214 g/mol. The number of carbonyl (C=O) groups excluding carboxylic acids is 1. The number of amides is 1. The fraction of sp³-hybridized carbons (Fsp3) is 0.923. The minimum Gasteiger partial charge on any atom is -0.343 e. The summed E-state index contributed by atoms with van der Waals surface area (Å²) >= 11 is 0. The third-order valence-corrected chi connectivity index (χ3v) is 3.99. The van der Waals surface area contributed by atoms with Gasteiger partial charge in [-0.25, -0.2) is 0 Å². The van der Waals surface area contributed by atoms with Gasteiger partial charge < -0.3 is 10.6 Å². The van der Waals surface area contributed by atoms with Crippen molar-refractivity contribution in [3.8, 4) is 0 Å². The van der Waals surface area contributed by atoms with Gasteiger partial charge in [-0.2, -0.15) is 0 Å². The van der Waals surface area contributed by atoms with Gasteiger partial charge in [-0.1, -0.05) is 6.92 Å². The predicted octanol–water partition coefficient (Wildman–Crippen LogP) is 0.811. The van der Waals surface area contributed by atoms with E-state index < -0.39 is 0 Å². The second-order valence-electron chi connectivity index (χ2n) is 5.24. The molecule has 1 saturated carbocycles. The first-order valence-electron chi connectivity index (χ1n) is 6.99. The van der Waals surface area contributed by atoms with Gasteiger partial charge >= 0.3 is 0 Å². The Kier molecular flexibility index (Phi) is 4.40. The van der Waals surface area contributed by atoms with Crippen LogP contribution in [-0.4, -0.2) is 54.0 Å². The number of likely N-dealkylation sites (N-methyl/N-ethyl adjacent to an activating group) is 1. The lowest BCUT2D eigenvalue weighted by molar-refractivity contribution is -0.131. The topological polar surface area (TPSA) is 49.6 Å². The standard InChI is InChI=1S/C13H25N3O/c1-2-16(11-5-6-11)12(10-14)9-13(17)15-7-3-4-8-15/h11-12H,2-10,14H2,1H3. The van der Waals surface area contributed by atoms with Crippen LogP contribution in [0.3, 0.4) is 0 Å². The van der Waals surface area contributed by atoms with Gasteiger partial charge in [0.15, 0.2) is 0 Å². The average molecular weight is 239 g/mol. The first-order chi connectivity index (χ1) is 8.26. The molecule has 1 unspecified atom stereocenters. The Morgan fingerprint density at radius 3 is 2.53 bits per heavy atom. The molecule has 1 saturated heterocycles. The van der Waals surface area contributed by atoms with Crippen LogP contribution in [0.1, 0.15) is 39.0 Å². The molecule has 0 bridgehead atoms. The molecule has 1 heterocycles. The number of rotatable bonds is 6. The number of hydrogen-bond donors (Lipinski definition) is 1. The highest BCUT2D eigenvalue weighted by atomic mass is 16.2. The summed E-state index contributed by atoms with van der Waals surface area (Å²) in [7, 11) is 0. The Balaban J connectivity index is 1.86. The largest absolute Gasteiger partial charge is 0.343 e. The third-order valence-electron chi connectivity index (χ3n) is 3.99. The van der Waals surface area contributed by atoms with E-state index in [9.17, 15) is 4.79 Å². The SMILES string of the molecule is CCN(C1CC1)C(CN)CC(=O)N1CCCC1. The highest BCUT2D eigenvalue weighted by Crippen LogP contribution is 2.29. The van der Waals surface area contributed by atoms with Gasteiger partial charge in [0.05, 0.1) is 0 Å². The van der Waals surface area contributed by atoms with Crippen molar-refractivity contribution in [1.82, 2.24) is 9.80 Å². The molecule has 0 aromatic carbocycles. The van der Waals surface area contributed by atoms with Gasteiger partial charge in [-0.05, 0) is 32.2 Å². The first-order valence-corrected chi connectivity index (χ1v) is 6.99. The van der Waals surface area contributed by atoms with Crippen LogP contribution in [0, 0.1) is 0 Å². The highest BCUT2D eigenvalue weighted by Gasteiger charge is 2.34. The Morgan fingerprint density at radius 2 is 2.06 bits per heavy atom. The summed E-state index contributed by atoms with van der Waals surface area (Å²) in [5.41, 5.74) is 5.85. The molecule has 1 atom stereocenters. The second-order valence-corrected chi connectivity index (χ2v) is 5.24. The van der Waals surface area contributed by atoms with Crippen molar-refractivity contribution in [3.63, 3.8) is 0 Å². The summed E-state index contributed by atoms with van der Waals surface area (Å²) in [6, 6.07) is 0.945. The maximum atomic E-state index is 12.1. The summed E-state index contributed by atoms with van der Waals surface area (Å²) in [6.07, 6.45) is 5.50. The lowest BCUT2D eigenvalue weighted by Gasteiger charge is -2.30. The van der Waals surface area contributed by atoms with Crippen molar-refractivity contribution < 1.29 is 4.79 Å². The van der Waals surface area contributed by atoms with E-state index in [1.807, 2.05) is 4.90 Å². The summed E-state index contributed by atoms with van der Waals surface area (Å²) in [6.45, 7) is 5.68. The molecule has 0 aromatic rings. The van der Waals surface area contributed by atoms with Crippen LogP contribution in [0.15, 0.2) is 0 Å². The van der Waals surface area contributed by atoms with Crippen LogP contribution in [0.2, 0.25) is 0 Å². The van der Waals surface area contributed by atoms with Gasteiger partial charge in [-0.15, -0.1) is 0 Å². The lowest BCUT2D eigenvalue weighted by Crippen LogP contribution is -2.45. The van der Waals surface area contributed by atoms with E-state index in [1.54, 1.807) is 0 Å². The molecule has 1 amide bonds. The number of hydrogen-bond acceptors (Lipinski definition) is 3. The minimum absolute atomic E-state index is 0.251. The number of nitrogens with zero attached hydrogens (tertiary/aromatic N) is 2. The van der Waals surface area contributed by atoms with Crippen LogP contribution in [-0.2, 0) is 4.79 Å². The van der Waals surface area contributed by atoms with E-state index in [0.717, 1.165) is 19.6 Å². The van der Waals surface area contributed by atoms with Crippen molar-refractivity contribution in [2.75, 3.05) is 26.2 Å². The van der Waals surface area contributed by atoms with Crippen LogP contribution in [0.5, 0.6) is 0 Å². The molecule has 98 valence electrons. The lowest BCUT2D eigenvalue weighted by atomic mass is 10.1. The van der Waals surface area contributed by atoms with Crippen molar-refractivity contribution in [2.45, 2.75) is 51.1 Å². The van der Waals surface area contributed by atoms with Crippen LogP contribution in [0.25, 0.3) is 0 Å². The molecule has 0 radical (unpaired) electrons. The van der Waals surface area contributed by atoms with Crippen molar-refractivity contribution >= 4 is 5.91 Å². The van der Waals surface area contributed by atoms with E-state index in [1.165, 1.54) is 25.7 Å². The van der Waals surface area contributed by atoms with E-state index in [0.29, 0.717) is 24.9 Å². The molecule has 2 fully saturated rings. The second kappa shape index (κ2) is 5.83. The zero-order valence-corrected chi connectivity index (χ0v) is 10.9. The molecule has 2 rings (SSSR count). The van der Waals surface area contributed by atoms with Gasteiger partial charge in [0.1, 0.15) is 0 Å². The number of carbonyl (C=O) groups is 1. The maximum absolute atomic E-state index is 12.1. The fourth-order valence-electron chi connectivity index (χ4n) is 2.85. The van der Waals surface area contributed by atoms with Crippen LogP contribution >= 0.6 is 0 Å². The summed E-state index contributed by atoms with van der Waals surface area (Å²) in [5.74, 6) is 0.303. The normalized spacial score (nSPS) is 22.2. The Bertz CT molecular complexity index is 259. The fourth-order valence-corrected chi connectivity index (χ4v) is 2.85. The van der Waals surface area contributed by atoms with Gasteiger partial charge in [0.2, 0.25) is 5.91 Å². The Labute approximate surface area is 104 Å². The van der Waals surface area contributed by atoms with E-state index in [4.69, 9.17) is 5.73 Å². The third kappa shape index (κ3) is 3.19. The smallest absolute Gasteiger partial charge is 0.224 e. The van der Waals surface area contributed by atoms with Gasteiger partial charge in [-0.3, -0.25) is 9.69 Å². The van der Waals surface area contributed by atoms with Gasteiger partial charge in [0, 0.05) is 38.1 Å². The molecule has 1 aliphatic carbocycles. The molecule has 4 nitrogen and oxygen atoms in total. The monoisotopic (exact) mass is 239 g/mol. The maximum Gasteiger partial charge on any atom is 0.224 e. The van der Waals surface area contributed by atoms with Crippen molar-refractivity contribution in [3.05, 3.63) is 0 Å². The van der Waals surface area contributed by atoms with Gasteiger partial charge in [0.25, 0.3) is 0 Å². The highest BCUT2D eigenvalue weighted by molar-refractivity contribution is 5.77. The molecule has 2 aliphatic rings. The summed E-state index contributed by atoms with van der Waals surface area (Å²) < 4.78 is 0. The quantitative estimate of drug-likeness (QED) is 0.746. The predicted molar refractivity (Wildman–Crippen MR) is 68.7 cm³/mol. The molecule has 4 heteroatoms. The summed E-state index contributed by atoms with van der Waals surface area (Å²) in [4.78, 5) is 16.5. The Hall–Kier alpha value is -0.610. The molecule has 17 heavy (non-hydrogen) atoms. The molecule has 0 aromatic heterocycles. The molecule has 0 spiro atoms. The number of nitrogens with two attached hydrogens (primary N) is 1. The van der Waals surface area contributed by atoms with Crippen LogP contribution in [0.4, 0.5) is 0 Å². The van der Waals surface area contributed by atoms with E-state index >= 15 is 0 Å². The molecule has 1 aliphatic heterocycles. The van der Waals surface area contributed by atoms with Crippen molar-refractivity contribution in [2.24, 2.45) is 5.73 Å². The zero-order valence-electron chi connectivity index (χ0n) is 10.9. The summed E-state index contributed by atoms with van der Waals surface area (Å²) in [5, 5.41) is 0. The first kappa shape index (κ1) is 12.8. The van der Waals surface area contributed by atoms with Crippen LogP contribution < -0.4 is 5.73 Å². The minimum atomic E-state index is 0.251. The molecule has 2 N–H and O–H groups in total. The number of likely N-dealkylation sites (tertiary alicyclic amines) is 1. The van der Waals surface area contributed by atoms with Crippen molar-refractivity contribution in [1.29, 1.82) is 0 Å². The van der Waals surface area contributed by atoms with E-state index in [-0.39, 0.29) is 6.04 Å².